The minimum atomic E-state index is 0.127. The minimum Gasteiger partial charge on any atom is -0.823 e. The van der Waals surface area contributed by atoms with Crippen LogP contribution in [0.15, 0.2) is 6.07 Å². The maximum Gasteiger partial charge on any atom is 0.132 e. The molecule has 1 fully saturated rings. The van der Waals surface area contributed by atoms with E-state index in [1.807, 2.05) is 19.9 Å². The lowest BCUT2D eigenvalue weighted by molar-refractivity contribution is -0.207. The maximum atomic E-state index is 12.8. The molecule has 4 heteroatoms. The van der Waals surface area contributed by atoms with Gasteiger partial charge >= 0.3 is 0 Å². The number of ether oxygens (including phenoxy) is 2. The number of rotatable bonds is 4. The number of hydrogen-bond donors (Lipinski definition) is 0. The minimum absolute atomic E-state index is 0.127. The standard InChI is InChI=1S/C17H25O3P/c1-11-10-12(2)16(20-4)14(15(11)19-3)17(18)21-13-8-6-5-7-9-13/h10,13,18H,5-9H2,1-4H3/p-1. The van der Waals surface area contributed by atoms with Crippen LogP contribution in [-0.2, 0) is 0 Å². The predicted molar refractivity (Wildman–Crippen MR) is 86.9 cm³/mol. The highest BCUT2D eigenvalue weighted by Gasteiger charge is 2.17. The molecule has 0 heterocycles. The Balaban J connectivity index is 2.47. The van der Waals surface area contributed by atoms with E-state index >= 15 is 0 Å². The number of benzene rings is 1. The summed E-state index contributed by atoms with van der Waals surface area (Å²) in [6.45, 7) is 3.94. The Hall–Kier alpha value is -1.05. The van der Waals surface area contributed by atoms with Gasteiger partial charge in [-0.3, -0.25) is 0 Å². The molecule has 1 aromatic carbocycles. The summed E-state index contributed by atoms with van der Waals surface area (Å²) in [6, 6.07) is 2.01. The van der Waals surface area contributed by atoms with E-state index in [4.69, 9.17) is 9.47 Å². The van der Waals surface area contributed by atoms with E-state index in [2.05, 4.69) is 0 Å². The zero-order chi connectivity index (χ0) is 15.4. The first-order valence-corrected chi connectivity index (χ1v) is 8.52. The molecule has 2 rings (SSSR count). The third kappa shape index (κ3) is 3.59. The molecule has 21 heavy (non-hydrogen) atoms. The quantitative estimate of drug-likeness (QED) is 0.800. The lowest BCUT2D eigenvalue weighted by atomic mass is 10.0. The average Bonchev–Trinajstić information content (AvgIpc) is 2.47. The second-order valence-corrected chi connectivity index (χ2v) is 7.07. The van der Waals surface area contributed by atoms with Crippen LogP contribution >= 0.6 is 8.20 Å². The molecule has 0 saturated heterocycles. The van der Waals surface area contributed by atoms with Crippen LogP contribution in [0.5, 0.6) is 11.5 Å². The molecule has 0 bridgehead atoms. The Bertz CT molecular complexity index is 503. The molecular formula is C17H24O3P-. The first kappa shape index (κ1) is 16.3. The van der Waals surface area contributed by atoms with Crippen molar-refractivity contribution in [1.82, 2.24) is 0 Å². The molecule has 3 nitrogen and oxygen atoms in total. The summed E-state index contributed by atoms with van der Waals surface area (Å²) >= 11 is 0. The first-order valence-electron chi connectivity index (χ1n) is 7.55. The number of hydrogen-bond acceptors (Lipinski definition) is 3. The summed E-state index contributed by atoms with van der Waals surface area (Å²) in [5, 5.41) is 12.8. The Labute approximate surface area is 129 Å². The summed E-state index contributed by atoms with van der Waals surface area (Å²) in [6.07, 6.45) is 6.10. The van der Waals surface area contributed by atoms with Crippen LogP contribution in [0.4, 0.5) is 0 Å². The summed E-state index contributed by atoms with van der Waals surface area (Å²) in [5.74, 6) is 1.32. The Morgan fingerprint density at radius 2 is 1.57 bits per heavy atom. The van der Waals surface area contributed by atoms with Crippen LogP contribution in [0.1, 0.15) is 48.8 Å². The van der Waals surface area contributed by atoms with Crippen molar-refractivity contribution < 1.29 is 14.6 Å². The maximum absolute atomic E-state index is 12.8. The SMILES string of the molecule is COc1c(C)cc(C)c(OC)c1C([O-])=PC1CCCCC1. The molecule has 0 aromatic heterocycles. The number of aryl methyl sites for hydroxylation is 2. The zero-order valence-electron chi connectivity index (χ0n) is 13.4. The third-order valence-corrected chi connectivity index (χ3v) is 5.44. The monoisotopic (exact) mass is 307 g/mol. The zero-order valence-corrected chi connectivity index (χ0v) is 14.3. The van der Waals surface area contributed by atoms with Gasteiger partial charge in [0.1, 0.15) is 11.5 Å². The molecule has 0 atom stereocenters. The van der Waals surface area contributed by atoms with Gasteiger partial charge in [0.2, 0.25) is 0 Å². The molecule has 0 amide bonds. The van der Waals surface area contributed by atoms with Gasteiger partial charge in [-0.1, -0.05) is 19.3 Å². The van der Waals surface area contributed by atoms with Crippen molar-refractivity contribution in [2.24, 2.45) is 0 Å². The van der Waals surface area contributed by atoms with Gasteiger partial charge in [0, 0.05) is 0 Å². The molecule has 0 radical (unpaired) electrons. The van der Waals surface area contributed by atoms with Gasteiger partial charge in [0.15, 0.2) is 0 Å². The van der Waals surface area contributed by atoms with Gasteiger partial charge in [0.05, 0.1) is 19.8 Å². The molecule has 0 spiro atoms. The second kappa shape index (κ2) is 7.29. The molecule has 1 aliphatic carbocycles. The van der Waals surface area contributed by atoms with Crippen LogP contribution in [0, 0.1) is 13.8 Å². The third-order valence-electron chi connectivity index (χ3n) is 4.10. The van der Waals surface area contributed by atoms with E-state index in [9.17, 15) is 5.11 Å². The largest absolute Gasteiger partial charge is 0.823 e. The van der Waals surface area contributed by atoms with Crippen LogP contribution in [0.3, 0.4) is 0 Å². The van der Waals surface area contributed by atoms with E-state index < -0.39 is 0 Å². The molecule has 0 N–H and O–H groups in total. The van der Waals surface area contributed by atoms with E-state index in [-0.39, 0.29) is 5.48 Å². The van der Waals surface area contributed by atoms with E-state index in [0.717, 1.165) is 32.2 Å². The van der Waals surface area contributed by atoms with Gasteiger partial charge in [0.25, 0.3) is 0 Å². The fourth-order valence-electron chi connectivity index (χ4n) is 3.11. The van der Waals surface area contributed by atoms with Crippen LogP contribution in [-0.4, -0.2) is 25.4 Å². The highest BCUT2D eigenvalue weighted by molar-refractivity contribution is 7.41. The highest BCUT2D eigenvalue weighted by Crippen LogP contribution is 2.37. The summed E-state index contributed by atoms with van der Waals surface area (Å²) in [5.41, 5.74) is 3.20. The van der Waals surface area contributed by atoms with Gasteiger partial charge < -0.3 is 14.6 Å². The van der Waals surface area contributed by atoms with Gasteiger partial charge in [-0.25, -0.2) is 0 Å². The van der Waals surface area contributed by atoms with Gasteiger partial charge in [-0.05, 0) is 49.5 Å². The van der Waals surface area contributed by atoms with Crippen LogP contribution < -0.4 is 14.6 Å². The lowest BCUT2D eigenvalue weighted by Gasteiger charge is -2.25. The molecule has 0 unspecified atom stereocenters. The lowest BCUT2D eigenvalue weighted by Crippen LogP contribution is -2.21. The van der Waals surface area contributed by atoms with Crippen molar-refractivity contribution in [2.45, 2.75) is 51.6 Å². The van der Waals surface area contributed by atoms with Crippen molar-refractivity contribution in [1.29, 1.82) is 0 Å². The average molecular weight is 307 g/mol. The first-order chi connectivity index (χ1) is 10.1. The van der Waals surface area contributed by atoms with Crippen molar-refractivity contribution >= 4 is 13.7 Å². The molecule has 116 valence electrons. The Morgan fingerprint density at radius 1 is 1.05 bits per heavy atom. The van der Waals surface area contributed by atoms with Crippen molar-refractivity contribution in [3.63, 3.8) is 0 Å². The Kier molecular flexibility index (Phi) is 5.66. The van der Waals surface area contributed by atoms with Gasteiger partial charge in [-0.2, -0.15) is 0 Å². The van der Waals surface area contributed by atoms with Crippen molar-refractivity contribution in [3.05, 3.63) is 22.8 Å². The Morgan fingerprint density at radius 3 is 2.05 bits per heavy atom. The van der Waals surface area contributed by atoms with Crippen molar-refractivity contribution in [3.8, 4) is 11.5 Å². The van der Waals surface area contributed by atoms with Crippen LogP contribution in [0.25, 0.3) is 0 Å². The van der Waals surface area contributed by atoms with E-state index in [1.165, 1.54) is 19.3 Å². The molecule has 1 aliphatic rings. The smallest absolute Gasteiger partial charge is 0.132 e. The predicted octanol–water partition coefficient (Wildman–Crippen LogP) is 3.44. The topological polar surface area (TPSA) is 41.5 Å². The summed E-state index contributed by atoms with van der Waals surface area (Å²) in [4.78, 5) is 0. The second-order valence-electron chi connectivity index (χ2n) is 5.68. The van der Waals surface area contributed by atoms with Crippen molar-refractivity contribution in [2.75, 3.05) is 14.2 Å². The summed E-state index contributed by atoms with van der Waals surface area (Å²) in [7, 11) is 4.12. The fraction of sp³-hybridized carbons (Fsp3) is 0.588. The fourth-order valence-corrected chi connectivity index (χ4v) is 4.40. The van der Waals surface area contributed by atoms with E-state index in [1.54, 1.807) is 14.2 Å². The molecule has 1 aromatic rings. The molecule has 0 aliphatic heterocycles. The van der Waals surface area contributed by atoms with Crippen LogP contribution in [0.2, 0.25) is 0 Å². The number of methoxy groups -OCH3 is 2. The van der Waals surface area contributed by atoms with E-state index in [0.29, 0.717) is 22.7 Å². The molecule has 1 saturated carbocycles. The summed E-state index contributed by atoms with van der Waals surface area (Å²) < 4.78 is 11.0. The normalized spacial score (nSPS) is 16.9. The van der Waals surface area contributed by atoms with Gasteiger partial charge in [-0.15, -0.1) is 13.7 Å². The molecular weight excluding hydrogens is 283 g/mol. The highest BCUT2D eigenvalue weighted by atomic mass is 31.1.